The van der Waals surface area contributed by atoms with E-state index >= 15 is 0 Å². The Hall–Kier alpha value is -6.10. The monoisotopic (exact) mass is 669 g/mol. The normalized spacial score (nSPS) is 11.0. The van der Waals surface area contributed by atoms with E-state index < -0.39 is 0 Å². The summed E-state index contributed by atoms with van der Waals surface area (Å²) in [4.78, 5) is 0. The topological polar surface area (TPSA) is 63.5 Å². The number of rotatable bonds is 8. The van der Waals surface area contributed by atoms with Crippen LogP contribution in [0.4, 0.5) is 22.7 Å². The van der Waals surface area contributed by atoms with Gasteiger partial charge in [-0.15, -0.1) is 5.75 Å². The minimum Gasteiger partial charge on any atom is -0.872 e. The minimum absolute atomic E-state index is 0.0302. The zero-order valence-electron chi connectivity index (χ0n) is 29.3. The van der Waals surface area contributed by atoms with Gasteiger partial charge in [0.2, 0.25) is 0 Å². The number of benzene rings is 7. The average molecular weight is 670 g/mol. The smallest absolute Gasteiger partial charge is 0.148 e. The molecule has 0 spiro atoms. The predicted molar refractivity (Wildman–Crippen MR) is 208 cm³/mol. The molecule has 0 aliphatic rings. The maximum absolute atomic E-state index is 13.0. The molecule has 254 valence electrons. The van der Waals surface area contributed by atoms with Crippen LogP contribution < -0.4 is 9.59 Å². The number of hydrogen-bond donors (Lipinski definition) is 2. The van der Waals surface area contributed by atoms with E-state index in [1.807, 2.05) is 57.2 Å². The van der Waals surface area contributed by atoms with Gasteiger partial charge in [0, 0.05) is 61.4 Å². The largest absolute Gasteiger partial charge is 0.872 e. The van der Waals surface area contributed by atoms with Gasteiger partial charge in [0.15, 0.2) is 0 Å². The molecular formula is C47H43NO3. The number of aromatic hydroxyl groups is 2. The molecule has 7 rings (SSSR count). The Morgan fingerprint density at radius 3 is 1.00 bits per heavy atom. The van der Waals surface area contributed by atoms with Crippen LogP contribution in [0.2, 0.25) is 0 Å². The first kappa shape index (κ1) is 34.8. The second kappa shape index (κ2) is 15.6. The van der Waals surface area contributed by atoms with E-state index in [4.69, 9.17) is 0 Å². The quantitative estimate of drug-likeness (QED) is 0.158. The lowest BCUT2D eigenvalue weighted by atomic mass is 9.94. The average Bonchev–Trinajstić information content (AvgIpc) is 3.16. The molecule has 0 heterocycles. The summed E-state index contributed by atoms with van der Waals surface area (Å²) < 4.78 is 0.559. The van der Waals surface area contributed by atoms with Gasteiger partial charge < -0.3 is 15.3 Å². The zero-order chi connectivity index (χ0) is 35.8. The highest BCUT2D eigenvalue weighted by molar-refractivity contribution is 5.81. The van der Waals surface area contributed by atoms with Crippen molar-refractivity contribution in [2.24, 2.45) is 0 Å². The fourth-order valence-corrected chi connectivity index (χ4v) is 6.81. The van der Waals surface area contributed by atoms with Gasteiger partial charge in [-0.25, -0.2) is 0 Å². The van der Waals surface area contributed by atoms with E-state index in [1.54, 1.807) is 12.1 Å². The third kappa shape index (κ3) is 7.72. The van der Waals surface area contributed by atoms with Crippen LogP contribution in [0.1, 0.15) is 38.9 Å². The minimum atomic E-state index is -0.0302. The molecule has 0 bridgehead atoms. The fourth-order valence-electron chi connectivity index (χ4n) is 6.81. The fraction of sp³-hybridized carbons (Fsp3) is 0.106. The van der Waals surface area contributed by atoms with E-state index in [0.29, 0.717) is 28.5 Å². The van der Waals surface area contributed by atoms with Gasteiger partial charge in [-0.2, -0.15) is 4.48 Å². The van der Waals surface area contributed by atoms with Gasteiger partial charge in [-0.3, -0.25) is 0 Å². The van der Waals surface area contributed by atoms with Crippen molar-refractivity contribution in [3.63, 3.8) is 0 Å². The van der Waals surface area contributed by atoms with Gasteiger partial charge >= 0.3 is 0 Å². The molecule has 0 radical (unpaired) electrons. The molecule has 7 aromatic rings. The number of aryl methyl sites for hydroxylation is 3. The van der Waals surface area contributed by atoms with Crippen LogP contribution in [-0.2, 0) is 12.8 Å². The van der Waals surface area contributed by atoms with Crippen molar-refractivity contribution in [3.05, 3.63) is 209 Å². The SMILES string of the molecule is Cc1ccc(O)c(Cc2cc(C)cc(Cc3cc(C)ccc3O)c2[O-])c1.c1ccc([N+](c2ccccc2)(c2ccccc2)c2ccccc2)cc1. The molecule has 0 atom stereocenters. The van der Waals surface area contributed by atoms with Crippen molar-refractivity contribution in [3.8, 4) is 17.2 Å². The van der Waals surface area contributed by atoms with E-state index in [-0.39, 0.29) is 17.2 Å². The molecule has 0 amide bonds. The molecule has 0 aromatic heterocycles. The van der Waals surface area contributed by atoms with E-state index in [2.05, 4.69) is 121 Å². The summed E-state index contributed by atoms with van der Waals surface area (Å²) in [6.07, 6.45) is 0.779. The van der Waals surface area contributed by atoms with Crippen LogP contribution >= 0.6 is 0 Å². The third-order valence-corrected chi connectivity index (χ3v) is 9.19. The summed E-state index contributed by atoms with van der Waals surface area (Å²) in [5.41, 5.74) is 10.8. The number of hydrogen-bond acceptors (Lipinski definition) is 3. The lowest BCUT2D eigenvalue weighted by molar-refractivity contribution is -0.270. The zero-order valence-corrected chi connectivity index (χ0v) is 29.3. The van der Waals surface area contributed by atoms with Crippen LogP contribution in [0.15, 0.2) is 170 Å². The van der Waals surface area contributed by atoms with Gasteiger partial charge in [0.25, 0.3) is 0 Å². The van der Waals surface area contributed by atoms with Crippen molar-refractivity contribution in [2.45, 2.75) is 33.6 Å². The van der Waals surface area contributed by atoms with Crippen LogP contribution in [0.25, 0.3) is 0 Å². The van der Waals surface area contributed by atoms with Crippen LogP contribution in [-0.4, -0.2) is 10.2 Å². The highest BCUT2D eigenvalue weighted by atomic mass is 16.3. The Balaban J connectivity index is 0.000000176. The van der Waals surface area contributed by atoms with Crippen molar-refractivity contribution in [1.29, 1.82) is 0 Å². The first-order chi connectivity index (χ1) is 24.8. The van der Waals surface area contributed by atoms with Crippen molar-refractivity contribution < 1.29 is 15.3 Å². The van der Waals surface area contributed by atoms with Gasteiger partial charge in [0.05, 0.1) is 0 Å². The molecular weight excluding hydrogens is 627 g/mol. The molecule has 0 saturated heterocycles. The number of phenolic OH excluding ortho intramolecular Hbond substituents is 2. The Morgan fingerprint density at radius 2 is 0.686 bits per heavy atom. The lowest BCUT2D eigenvalue weighted by Gasteiger charge is -2.37. The third-order valence-electron chi connectivity index (χ3n) is 9.19. The molecule has 4 heteroatoms. The maximum Gasteiger partial charge on any atom is 0.148 e. The molecule has 0 aliphatic carbocycles. The predicted octanol–water partition coefficient (Wildman–Crippen LogP) is 11.3. The second-order valence-corrected chi connectivity index (χ2v) is 13.0. The van der Waals surface area contributed by atoms with Crippen LogP contribution in [0.5, 0.6) is 17.2 Å². The molecule has 7 aromatic carbocycles. The Kier molecular flexibility index (Phi) is 10.6. The van der Waals surface area contributed by atoms with Crippen molar-refractivity contribution in [1.82, 2.24) is 4.48 Å². The first-order valence-electron chi connectivity index (χ1n) is 17.2. The standard InChI is InChI=1S/C24H20N.C23H24O3/c1-5-13-21(14-6-1)25(22-15-7-2-8-16-22,23-17-9-3-10-18-23)24-19-11-4-12-20-24;1-14-4-6-21(24)17(8-14)12-19-10-16(3)11-20(23(19)26)13-18-9-15(2)5-7-22(18)25/h1-20H;4-11,24-26H,12-13H2,1-3H3/q+1;/p-1. The second-order valence-electron chi connectivity index (χ2n) is 13.0. The lowest BCUT2D eigenvalue weighted by Crippen LogP contribution is -2.33. The van der Waals surface area contributed by atoms with Crippen LogP contribution in [0, 0.1) is 20.8 Å². The molecule has 0 unspecified atom stereocenters. The van der Waals surface area contributed by atoms with Crippen molar-refractivity contribution >= 4 is 22.7 Å². The summed E-state index contributed by atoms with van der Waals surface area (Å²) in [7, 11) is 0. The summed E-state index contributed by atoms with van der Waals surface area (Å²) >= 11 is 0. The van der Waals surface area contributed by atoms with Gasteiger partial charge in [0.1, 0.15) is 34.2 Å². The first-order valence-corrected chi connectivity index (χ1v) is 17.2. The summed E-state index contributed by atoms with van der Waals surface area (Å²) in [5, 5.41) is 33.1. The van der Waals surface area contributed by atoms with E-state index in [0.717, 1.165) is 27.8 Å². The van der Waals surface area contributed by atoms with Crippen molar-refractivity contribution in [2.75, 3.05) is 0 Å². The molecule has 4 nitrogen and oxygen atoms in total. The highest BCUT2D eigenvalue weighted by Gasteiger charge is 2.38. The molecule has 51 heavy (non-hydrogen) atoms. The number of quaternary nitrogens is 1. The Bertz CT molecular complexity index is 1960. The number of nitrogens with zero attached hydrogens (tertiary/aromatic N) is 1. The van der Waals surface area contributed by atoms with E-state index in [9.17, 15) is 15.3 Å². The summed E-state index contributed by atoms with van der Waals surface area (Å²) in [6.45, 7) is 5.88. The Labute approximate surface area is 301 Å². The number of phenols is 2. The maximum atomic E-state index is 13.0. The molecule has 0 fully saturated rings. The van der Waals surface area contributed by atoms with Gasteiger partial charge in [-0.05, 0) is 44.0 Å². The number of para-hydroxylation sites is 4. The Morgan fingerprint density at radius 1 is 0.392 bits per heavy atom. The molecule has 0 aliphatic heterocycles. The van der Waals surface area contributed by atoms with Gasteiger partial charge in [-0.1, -0.05) is 137 Å². The highest BCUT2D eigenvalue weighted by Crippen LogP contribution is 2.50. The van der Waals surface area contributed by atoms with Crippen LogP contribution in [0.3, 0.4) is 0 Å². The summed E-state index contributed by atoms with van der Waals surface area (Å²) in [5.74, 6) is 0.376. The summed E-state index contributed by atoms with van der Waals surface area (Å²) in [6, 6.07) is 57.3. The molecule has 2 N–H and O–H groups in total. The molecule has 0 saturated carbocycles. The van der Waals surface area contributed by atoms with E-state index in [1.165, 1.54) is 22.7 Å².